The van der Waals surface area contributed by atoms with E-state index in [9.17, 15) is 27.6 Å². The Morgan fingerprint density at radius 2 is 1.57 bits per heavy atom. The Morgan fingerprint density at radius 1 is 0.955 bits per heavy atom. The fourth-order valence-electron chi connectivity index (χ4n) is 3.75. The van der Waals surface area contributed by atoms with Gasteiger partial charge in [-0.1, -0.05) is 43.5 Å². The molecule has 230 valence electrons. The van der Waals surface area contributed by atoms with Crippen molar-refractivity contribution in [1.82, 2.24) is 0 Å². The van der Waals surface area contributed by atoms with Gasteiger partial charge in [0.2, 0.25) is 0 Å². The van der Waals surface area contributed by atoms with Crippen LogP contribution in [0.4, 0.5) is 24.5 Å². The third kappa shape index (κ3) is 8.23. The van der Waals surface area contributed by atoms with Crippen molar-refractivity contribution in [1.29, 1.82) is 5.41 Å². The number of hydrogen-bond donors (Lipinski definition) is 4. The fourth-order valence-corrected chi connectivity index (χ4v) is 3.75. The number of hydrogen-bond acceptors (Lipinski definition) is 9. The predicted octanol–water partition coefficient (Wildman–Crippen LogP) is 4.41. The van der Waals surface area contributed by atoms with Crippen molar-refractivity contribution in [3.8, 4) is 11.5 Å². The number of esters is 2. The molecule has 44 heavy (non-hydrogen) atoms. The molecule has 6 N–H and O–H groups in total. The van der Waals surface area contributed by atoms with E-state index in [1.807, 2.05) is 0 Å². The van der Waals surface area contributed by atoms with E-state index in [0.717, 1.165) is 6.07 Å². The molecule has 0 aliphatic heterocycles. The Balaban J connectivity index is 2.06. The van der Waals surface area contributed by atoms with Crippen LogP contribution >= 0.6 is 0 Å². The Morgan fingerprint density at radius 3 is 2.16 bits per heavy atom. The Hall–Kier alpha value is -5.63. The number of ether oxygens (including phenoxy) is 3. The van der Waals surface area contributed by atoms with E-state index in [1.165, 1.54) is 36.4 Å². The number of hydrazine groups is 1. The lowest BCUT2D eigenvalue weighted by Gasteiger charge is -2.27. The van der Waals surface area contributed by atoms with Gasteiger partial charge in [0.1, 0.15) is 25.1 Å². The molecule has 0 spiro atoms. The van der Waals surface area contributed by atoms with Crippen LogP contribution in [-0.4, -0.2) is 43.1 Å². The molecule has 3 aromatic rings. The first-order chi connectivity index (χ1) is 20.9. The summed E-state index contributed by atoms with van der Waals surface area (Å²) in [5.74, 6) is 1.29. The van der Waals surface area contributed by atoms with E-state index >= 15 is 0 Å². The third-order valence-corrected chi connectivity index (χ3v) is 5.81. The lowest BCUT2D eigenvalue weighted by molar-refractivity contribution is -0.193. The van der Waals surface area contributed by atoms with Gasteiger partial charge in [-0.2, -0.15) is 13.2 Å². The lowest BCUT2D eigenvalue weighted by atomic mass is 10.0. The minimum absolute atomic E-state index is 0.0988. The first-order valence-corrected chi connectivity index (χ1v) is 12.7. The number of anilines is 2. The second-order valence-corrected chi connectivity index (χ2v) is 8.87. The maximum Gasteiger partial charge on any atom is 0.491 e. The number of carbonyl (C=O) groups excluding carboxylic acids is 3. The van der Waals surface area contributed by atoms with E-state index in [1.54, 1.807) is 36.4 Å². The molecule has 0 radical (unpaired) electrons. The average molecular weight is 612 g/mol. The Labute approximate surface area is 250 Å². The fraction of sp³-hybridized carbons (Fsp3) is 0.133. The topological polar surface area (TPSA) is 170 Å². The first kappa shape index (κ1) is 32.9. The number of amides is 1. The van der Waals surface area contributed by atoms with Crippen LogP contribution in [0.15, 0.2) is 92.0 Å². The van der Waals surface area contributed by atoms with Gasteiger partial charge in [-0.05, 0) is 54.1 Å². The third-order valence-electron chi connectivity index (χ3n) is 5.81. The van der Waals surface area contributed by atoms with Crippen molar-refractivity contribution in [2.75, 3.05) is 23.5 Å². The molecule has 11 nitrogen and oxygen atoms in total. The van der Waals surface area contributed by atoms with Gasteiger partial charge in [0, 0.05) is 11.3 Å². The summed E-state index contributed by atoms with van der Waals surface area (Å²) in [6.45, 7) is 7.49. The number of nitrogens with two attached hydrogens (primary N) is 2. The molecular formula is C30H28F3N5O6. The van der Waals surface area contributed by atoms with Crippen molar-refractivity contribution in [2.24, 2.45) is 11.6 Å². The van der Waals surface area contributed by atoms with Crippen LogP contribution in [-0.2, 0) is 14.3 Å². The minimum Gasteiger partial charge on any atom is -0.486 e. The van der Waals surface area contributed by atoms with E-state index in [0.29, 0.717) is 27.6 Å². The minimum atomic E-state index is -5.43. The number of alkyl halides is 3. The SMILES string of the molecule is C=CCOc1ccc(C(Nc2ccc(C(=N)N)cc2)C(=O)N(N)c2ccccc2C(=O)OC(=O)C(F)(F)F)cc1OCC=C. The molecule has 0 saturated carbocycles. The van der Waals surface area contributed by atoms with Crippen LogP contribution in [0, 0.1) is 5.41 Å². The molecule has 0 bridgehead atoms. The number of para-hydroxylation sites is 1. The van der Waals surface area contributed by atoms with Crippen molar-refractivity contribution in [3.05, 3.63) is 109 Å². The molecule has 3 rings (SSSR count). The summed E-state index contributed by atoms with van der Waals surface area (Å²) in [6, 6.07) is 14.4. The molecule has 0 fully saturated rings. The normalized spacial score (nSPS) is 11.5. The van der Waals surface area contributed by atoms with Crippen LogP contribution in [0.2, 0.25) is 0 Å². The molecule has 0 heterocycles. The van der Waals surface area contributed by atoms with Crippen LogP contribution in [0.5, 0.6) is 11.5 Å². The summed E-state index contributed by atoms with van der Waals surface area (Å²) in [5, 5.41) is 11.2. The van der Waals surface area contributed by atoms with Gasteiger partial charge in [-0.3, -0.25) is 10.2 Å². The molecule has 0 aromatic heterocycles. The Kier molecular flexibility index (Phi) is 10.8. The second-order valence-electron chi connectivity index (χ2n) is 8.87. The average Bonchev–Trinajstić information content (AvgIpc) is 3.00. The van der Waals surface area contributed by atoms with Crippen molar-refractivity contribution >= 4 is 35.1 Å². The highest BCUT2D eigenvalue weighted by atomic mass is 19.4. The monoisotopic (exact) mass is 611 g/mol. The van der Waals surface area contributed by atoms with Crippen LogP contribution in [0.25, 0.3) is 0 Å². The number of halogens is 3. The summed E-state index contributed by atoms with van der Waals surface area (Å²) in [6.07, 6.45) is -2.40. The van der Waals surface area contributed by atoms with Crippen LogP contribution < -0.4 is 31.4 Å². The number of amidine groups is 1. The number of nitrogens with one attached hydrogen (secondary N) is 2. The zero-order valence-corrected chi connectivity index (χ0v) is 23.1. The van der Waals surface area contributed by atoms with Gasteiger partial charge in [0.25, 0.3) is 5.91 Å². The van der Waals surface area contributed by atoms with Gasteiger partial charge in [0.15, 0.2) is 11.5 Å². The lowest BCUT2D eigenvalue weighted by Crippen LogP contribution is -2.44. The summed E-state index contributed by atoms with van der Waals surface area (Å²) in [5.41, 5.74) is 5.73. The summed E-state index contributed by atoms with van der Waals surface area (Å²) >= 11 is 0. The van der Waals surface area contributed by atoms with E-state index in [-0.39, 0.29) is 30.5 Å². The molecule has 14 heteroatoms. The first-order valence-electron chi connectivity index (χ1n) is 12.7. The molecule has 0 aliphatic carbocycles. The predicted molar refractivity (Wildman–Crippen MR) is 156 cm³/mol. The van der Waals surface area contributed by atoms with E-state index in [4.69, 9.17) is 26.5 Å². The van der Waals surface area contributed by atoms with Gasteiger partial charge >= 0.3 is 18.1 Å². The zero-order valence-electron chi connectivity index (χ0n) is 23.1. The largest absolute Gasteiger partial charge is 0.491 e. The summed E-state index contributed by atoms with van der Waals surface area (Å²) in [7, 11) is 0. The molecule has 0 saturated heterocycles. The van der Waals surface area contributed by atoms with Crippen LogP contribution in [0.1, 0.15) is 27.5 Å². The molecule has 0 aliphatic rings. The summed E-state index contributed by atoms with van der Waals surface area (Å²) in [4.78, 5) is 37.7. The van der Waals surface area contributed by atoms with Gasteiger partial charge in [-0.25, -0.2) is 20.4 Å². The standard InChI is InChI=1S/C30H28F3N5O6/c1-3-15-42-23-14-11-19(17-24(23)43-16-4-2)25(37-20-12-9-18(10-13-20)26(34)35)27(39)38(36)22-8-6-5-7-21(22)28(40)44-29(41)30(31,32)33/h3-14,17,25,37H,1-2,15-16,36H2,(H3,34,35). The van der Waals surface area contributed by atoms with Crippen molar-refractivity contribution in [2.45, 2.75) is 12.2 Å². The number of benzene rings is 3. The highest BCUT2D eigenvalue weighted by Crippen LogP contribution is 2.34. The number of nitrogen functional groups attached to an aromatic ring is 1. The van der Waals surface area contributed by atoms with E-state index in [2.05, 4.69) is 23.2 Å². The Bertz CT molecular complexity index is 1560. The second kappa shape index (κ2) is 14.5. The maximum absolute atomic E-state index is 13.9. The zero-order chi connectivity index (χ0) is 32.4. The highest BCUT2D eigenvalue weighted by molar-refractivity contribution is 6.07. The quantitative estimate of drug-likeness (QED) is 0.0320. The summed E-state index contributed by atoms with van der Waals surface area (Å²) < 4.78 is 53.5. The van der Waals surface area contributed by atoms with Crippen LogP contribution in [0.3, 0.4) is 0 Å². The number of nitrogens with zero attached hydrogens (tertiary/aromatic N) is 1. The molecule has 1 amide bonds. The molecular weight excluding hydrogens is 583 g/mol. The molecule has 1 atom stereocenters. The van der Waals surface area contributed by atoms with E-state index < -0.39 is 35.6 Å². The van der Waals surface area contributed by atoms with Gasteiger partial charge in [0.05, 0.1) is 11.3 Å². The molecule has 3 aromatic carbocycles. The highest BCUT2D eigenvalue weighted by Gasteiger charge is 2.43. The van der Waals surface area contributed by atoms with Gasteiger partial charge in [-0.15, -0.1) is 0 Å². The maximum atomic E-state index is 13.9. The van der Waals surface area contributed by atoms with Crippen molar-refractivity contribution in [3.63, 3.8) is 0 Å². The van der Waals surface area contributed by atoms with Gasteiger partial charge < -0.3 is 25.3 Å². The number of rotatable bonds is 13. The van der Waals surface area contributed by atoms with Crippen molar-refractivity contribution < 1.29 is 41.8 Å². The smallest absolute Gasteiger partial charge is 0.486 e. The number of carbonyl (C=O) groups is 3. The molecule has 1 unspecified atom stereocenters.